The van der Waals surface area contributed by atoms with Crippen molar-refractivity contribution in [2.24, 2.45) is 0 Å². The van der Waals surface area contributed by atoms with Gasteiger partial charge in [-0.05, 0) is 19.1 Å². The minimum absolute atomic E-state index is 0.160. The van der Waals surface area contributed by atoms with Gasteiger partial charge in [-0.15, -0.1) is 0 Å². The van der Waals surface area contributed by atoms with Crippen LogP contribution >= 0.6 is 0 Å². The average Bonchev–Trinajstić information content (AvgIpc) is 2.15. The van der Waals surface area contributed by atoms with E-state index in [0.29, 0.717) is 5.56 Å². The summed E-state index contributed by atoms with van der Waals surface area (Å²) in [5, 5.41) is 2.59. The highest BCUT2D eigenvalue weighted by Crippen LogP contribution is 2.02. The van der Waals surface area contributed by atoms with E-state index in [1.54, 1.807) is 25.3 Å². The molecule has 0 bridgehead atoms. The topological polar surface area (TPSA) is 51.2 Å². The summed E-state index contributed by atoms with van der Waals surface area (Å²) < 4.78 is 4.72. The van der Waals surface area contributed by atoms with E-state index in [9.17, 15) is 4.79 Å². The molecule has 0 saturated heterocycles. The van der Waals surface area contributed by atoms with Gasteiger partial charge in [0.05, 0.1) is 5.56 Å². The lowest BCUT2D eigenvalue weighted by Gasteiger charge is -2.04. The number of methoxy groups -OCH3 is 1. The van der Waals surface area contributed by atoms with Crippen LogP contribution in [-0.2, 0) is 4.74 Å². The molecule has 0 spiro atoms. The molecule has 0 saturated carbocycles. The van der Waals surface area contributed by atoms with Crippen molar-refractivity contribution >= 4 is 5.91 Å². The maximum absolute atomic E-state index is 11.4. The standard InChI is InChI=1S/C9H12N2O2/c1-7-8(4-3-5-10-7)9(12)11-6-13-2/h3-5H,6H2,1-2H3,(H,11,12). The highest BCUT2D eigenvalue weighted by molar-refractivity contribution is 5.94. The van der Waals surface area contributed by atoms with Crippen LogP contribution in [0.15, 0.2) is 18.3 Å². The van der Waals surface area contributed by atoms with E-state index in [0.717, 1.165) is 5.69 Å². The fraction of sp³-hybridized carbons (Fsp3) is 0.333. The number of pyridine rings is 1. The van der Waals surface area contributed by atoms with Gasteiger partial charge in [0.2, 0.25) is 0 Å². The van der Waals surface area contributed by atoms with E-state index < -0.39 is 0 Å². The van der Waals surface area contributed by atoms with Crippen LogP contribution in [0.25, 0.3) is 0 Å². The van der Waals surface area contributed by atoms with Gasteiger partial charge < -0.3 is 10.1 Å². The fourth-order valence-electron chi connectivity index (χ4n) is 0.957. The lowest BCUT2D eigenvalue weighted by atomic mass is 10.2. The zero-order valence-corrected chi connectivity index (χ0v) is 7.70. The molecule has 0 aliphatic heterocycles. The van der Waals surface area contributed by atoms with E-state index in [-0.39, 0.29) is 12.6 Å². The number of amides is 1. The van der Waals surface area contributed by atoms with Gasteiger partial charge in [0, 0.05) is 19.0 Å². The van der Waals surface area contributed by atoms with Gasteiger partial charge in [-0.3, -0.25) is 9.78 Å². The third kappa shape index (κ3) is 2.52. The molecule has 1 aromatic rings. The van der Waals surface area contributed by atoms with Crippen molar-refractivity contribution in [1.29, 1.82) is 0 Å². The molecule has 0 unspecified atom stereocenters. The summed E-state index contributed by atoms with van der Waals surface area (Å²) in [6.07, 6.45) is 1.66. The first-order chi connectivity index (χ1) is 6.25. The monoisotopic (exact) mass is 180 g/mol. The lowest BCUT2D eigenvalue weighted by molar-refractivity contribution is 0.0871. The van der Waals surface area contributed by atoms with E-state index in [1.807, 2.05) is 0 Å². The van der Waals surface area contributed by atoms with Crippen molar-refractivity contribution in [3.05, 3.63) is 29.6 Å². The molecule has 13 heavy (non-hydrogen) atoms. The Balaban J connectivity index is 2.71. The van der Waals surface area contributed by atoms with Gasteiger partial charge in [-0.1, -0.05) is 0 Å². The van der Waals surface area contributed by atoms with Crippen LogP contribution in [0, 0.1) is 6.92 Å². The third-order valence-corrected chi connectivity index (χ3v) is 1.63. The van der Waals surface area contributed by atoms with Crippen molar-refractivity contribution in [3.8, 4) is 0 Å². The predicted octanol–water partition coefficient (Wildman–Crippen LogP) is 0.724. The first-order valence-corrected chi connectivity index (χ1v) is 3.94. The van der Waals surface area contributed by atoms with Gasteiger partial charge in [0.25, 0.3) is 5.91 Å². The Morgan fingerprint density at radius 2 is 2.46 bits per heavy atom. The first kappa shape index (κ1) is 9.67. The molecule has 70 valence electrons. The molecule has 1 aromatic heterocycles. The summed E-state index contributed by atoms with van der Waals surface area (Å²) in [5.41, 5.74) is 1.30. The smallest absolute Gasteiger partial charge is 0.254 e. The van der Waals surface area contributed by atoms with Gasteiger partial charge in [0.15, 0.2) is 0 Å². The fourth-order valence-corrected chi connectivity index (χ4v) is 0.957. The van der Waals surface area contributed by atoms with E-state index in [1.165, 1.54) is 7.11 Å². The molecule has 1 N–H and O–H groups in total. The number of hydrogen-bond acceptors (Lipinski definition) is 3. The Morgan fingerprint density at radius 1 is 1.69 bits per heavy atom. The summed E-state index contributed by atoms with van der Waals surface area (Å²) in [7, 11) is 1.52. The Morgan fingerprint density at radius 3 is 3.08 bits per heavy atom. The van der Waals surface area contributed by atoms with Crippen LogP contribution in [-0.4, -0.2) is 24.7 Å². The minimum atomic E-state index is -0.160. The number of nitrogens with one attached hydrogen (secondary N) is 1. The maximum atomic E-state index is 11.4. The second-order valence-electron chi connectivity index (χ2n) is 2.58. The molecule has 1 amide bonds. The second-order valence-corrected chi connectivity index (χ2v) is 2.58. The molecular formula is C9H12N2O2. The summed E-state index contributed by atoms with van der Waals surface area (Å²) >= 11 is 0. The van der Waals surface area contributed by atoms with Gasteiger partial charge in [-0.2, -0.15) is 0 Å². The third-order valence-electron chi connectivity index (χ3n) is 1.63. The van der Waals surface area contributed by atoms with Crippen LogP contribution in [0.1, 0.15) is 16.1 Å². The number of nitrogens with zero attached hydrogens (tertiary/aromatic N) is 1. The second kappa shape index (κ2) is 4.57. The van der Waals surface area contributed by atoms with E-state index >= 15 is 0 Å². The van der Waals surface area contributed by atoms with Crippen LogP contribution in [0.3, 0.4) is 0 Å². The van der Waals surface area contributed by atoms with E-state index in [4.69, 9.17) is 4.74 Å². The number of hydrogen-bond donors (Lipinski definition) is 1. The molecule has 0 fully saturated rings. The van der Waals surface area contributed by atoms with Crippen molar-refractivity contribution < 1.29 is 9.53 Å². The quantitative estimate of drug-likeness (QED) is 0.697. The van der Waals surface area contributed by atoms with Crippen molar-refractivity contribution in [2.45, 2.75) is 6.92 Å². The molecular weight excluding hydrogens is 168 g/mol. The number of carbonyl (C=O) groups is 1. The number of rotatable bonds is 3. The molecule has 0 aliphatic rings. The average molecular weight is 180 g/mol. The minimum Gasteiger partial charge on any atom is -0.364 e. The van der Waals surface area contributed by atoms with Crippen molar-refractivity contribution in [2.75, 3.05) is 13.8 Å². The molecule has 0 aliphatic carbocycles. The maximum Gasteiger partial charge on any atom is 0.254 e. The van der Waals surface area contributed by atoms with Crippen molar-refractivity contribution in [3.63, 3.8) is 0 Å². The zero-order chi connectivity index (χ0) is 9.68. The summed E-state index contributed by atoms with van der Waals surface area (Å²) in [4.78, 5) is 15.4. The van der Waals surface area contributed by atoms with Crippen LogP contribution in [0.5, 0.6) is 0 Å². The summed E-state index contributed by atoms with van der Waals surface area (Å²) in [6, 6.07) is 3.46. The highest BCUT2D eigenvalue weighted by Gasteiger charge is 2.07. The van der Waals surface area contributed by atoms with Gasteiger partial charge >= 0.3 is 0 Å². The Hall–Kier alpha value is -1.42. The SMILES string of the molecule is COCNC(=O)c1cccnc1C. The molecule has 4 nitrogen and oxygen atoms in total. The number of aromatic nitrogens is 1. The summed E-state index contributed by atoms with van der Waals surface area (Å²) in [5.74, 6) is -0.160. The number of carbonyl (C=O) groups excluding carboxylic acids is 1. The summed E-state index contributed by atoms with van der Waals surface area (Å²) in [6.45, 7) is 2.01. The highest BCUT2D eigenvalue weighted by atomic mass is 16.5. The van der Waals surface area contributed by atoms with Crippen molar-refractivity contribution in [1.82, 2.24) is 10.3 Å². The molecule has 0 radical (unpaired) electrons. The van der Waals surface area contributed by atoms with Gasteiger partial charge in [0.1, 0.15) is 6.73 Å². The van der Waals surface area contributed by atoms with Crippen LogP contribution in [0.4, 0.5) is 0 Å². The van der Waals surface area contributed by atoms with Crippen LogP contribution < -0.4 is 5.32 Å². The first-order valence-electron chi connectivity index (χ1n) is 3.94. The Bertz CT molecular complexity index is 299. The number of aryl methyl sites for hydroxylation is 1. The Labute approximate surface area is 76.9 Å². The Kier molecular flexibility index (Phi) is 3.40. The molecule has 1 rings (SSSR count). The van der Waals surface area contributed by atoms with Crippen LogP contribution in [0.2, 0.25) is 0 Å². The lowest BCUT2D eigenvalue weighted by Crippen LogP contribution is -2.26. The molecule has 4 heteroatoms. The normalized spacial score (nSPS) is 9.69. The van der Waals surface area contributed by atoms with Gasteiger partial charge in [-0.25, -0.2) is 0 Å². The predicted molar refractivity (Wildman–Crippen MR) is 48.3 cm³/mol. The molecule has 0 atom stereocenters. The number of ether oxygens (including phenoxy) is 1. The molecule has 1 heterocycles. The largest absolute Gasteiger partial charge is 0.364 e. The molecule has 0 aromatic carbocycles. The van der Waals surface area contributed by atoms with E-state index in [2.05, 4.69) is 10.3 Å². The zero-order valence-electron chi connectivity index (χ0n) is 7.70.